The van der Waals surface area contributed by atoms with Gasteiger partial charge in [-0.25, -0.2) is 15.0 Å². The molecule has 0 aliphatic carbocycles. The molecule has 0 radical (unpaired) electrons. The van der Waals surface area contributed by atoms with Gasteiger partial charge in [0.05, 0.1) is 6.85 Å². The molecule has 0 aliphatic rings. The van der Waals surface area contributed by atoms with Crippen molar-refractivity contribution < 1.29 is 11.3 Å². The van der Waals surface area contributed by atoms with Crippen molar-refractivity contribution in [3.8, 4) is 45.3 Å². The van der Waals surface area contributed by atoms with Gasteiger partial charge in [0.2, 0.25) is 0 Å². The maximum Gasteiger partial charge on any atom is 0.165 e. The van der Waals surface area contributed by atoms with E-state index in [0.717, 1.165) is 37.5 Å². The van der Waals surface area contributed by atoms with E-state index in [1.807, 2.05) is 60.7 Å². The highest BCUT2D eigenvalue weighted by Crippen LogP contribution is 2.40. The average Bonchev–Trinajstić information content (AvgIpc) is 3.71. The number of nitrogens with zero attached hydrogens (tertiary/aromatic N) is 3. The second kappa shape index (κ2) is 9.97. The molecule has 0 fully saturated rings. The van der Waals surface area contributed by atoms with Crippen LogP contribution in [0.3, 0.4) is 0 Å². The van der Waals surface area contributed by atoms with Gasteiger partial charge in [-0.1, -0.05) is 96.9 Å². The second-order valence-corrected chi connectivity index (χ2v) is 11.5. The Balaban J connectivity index is 1.25. The van der Waals surface area contributed by atoms with E-state index in [4.69, 9.17) is 26.2 Å². The smallest absolute Gasteiger partial charge is 0.165 e. The fourth-order valence-electron chi connectivity index (χ4n) is 5.73. The summed E-state index contributed by atoms with van der Waals surface area (Å²) in [6.45, 7) is 0. The van der Waals surface area contributed by atoms with Crippen molar-refractivity contribution >= 4 is 53.4 Å². The van der Waals surface area contributed by atoms with Crippen LogP contribution in [0.25, 0.3) is 87.4 Å². The van der Waals surface area contributed by atoms with E-state index < -0.39 is 6.04 Å². The summed E-state index contributed by atoms with van der Waals surface area (Å²) in [4.78, 5) is 15.0. The van der Waals surface area contributed by atoms with Gasteiger partial charge in [-0.3, -0.25) is 0 Å². The molecule has 0 bridgehead atoms. The minimum atomic E-state index is -0.423. The topological polar surface area (TPSA) is 51.8 Å². The Morgan fingerprint density at radius 3 is 1.98 bits per heavy atom. The van der Waals surface area contributed by atoms with Crippen LogP contribution in [0, 0.1) is 0 Å². The molecule has 3 heterocycles. The van der Waals surface area contributed by atoms with Gasteiger partial charge in [0.15, 0.2) is 17.5 Å². The standard InChI is InChI=1S/C39H23N3OS/c1-3-10-24(11-4-1)26-18-20-33-31(22-26)32-23-27(19-21-34(32)43-33)38-40-37(25-12-5-2-6-13-25)41-39(42-38)30-16-9-15-29-28-14-7-8-17-35(28)44-36(29)30/h1-23H/i1D,3D,4D,10D,11D. The molecule has 0 N–H and O–H groups in total. The van der Waals surface area contributed by atoms with Crippen LogP contribution in [0.5, 0.6) is 0 Å². The molecule has 206 valence electrons. The monoisotopic (exact) mass is 586 g/mol. The van der Waals surface area contributed by atoms with E-state index in [9.17, 15) is 0 Å². The van der Waals surface area contributed by atoms with Crippen LogP contribution < -0.4 is 0 Å². The zero-order chi connectivity index (χ0) is 33.4. The highest BCUT2D eigenvalue weighted by Gasteiger charge is 2.17. The summed E-state index contributed by atoms with van der Waals surface area (Å²) in [5.41, 5.74) is 4.45. The molecule has 6 aromatic carbocycles. The highest BCUT2D eigenvalue weighted by atomic mass is 32.1. The first-order valence-corrected chi connectivity index (χ1v) is 14.9. The lowest BCUT2D eigenvalue weighted by molar-refractivity contribution is 0.669. The largest absolute Gasteiger partial charge is 0.456 e. The van der Waals surface area contributed by atoms with Gasteiger partial charge in [0.25, 0.3) is 0 Å². The van der Waals surface area contributed by atoms with Gasteiger partial charge in [0.1, 0.15) is 11.2 Å². The lowest BCUT2D eigenvalue weighted by atomic mass is 10.0. The Morgan fingerprint density at radius 1 is 0.500 bits per heavy atom. The maximum absolute atomic E-state index is 8.50. The minimum absolute atomic E-state index is 0.142. The normalized spacial score (nSPS) is 13.2. The van der Waals surface area contributed by atoms with Crippen LogP contribution in [0.1, 0.15) is 6.85 Å². The molecule has 9 rings (SSSR count). The molecule has 44 heavy (non-hydrogen) atoms. The summed E-state index contributed by atoms with van der Waals surface area (Å²) >= 11 is 1.72. The summed E-state index contributed by atoms with van der Waals surface area (Å²) < 4.78 is 49.8. The summed E-state index contributed by atoms with van der Waals surface area (Å²) in [6.07, 6.45) is 0. The zero-order valence-corrected chi connectivity index (χ0v) is 23.9. The fraction of sp³-hybridized carbons (Fsp3) is 0. The maximum atomic E-state index is 8.50. The summed E-state index contributed by atoms with van der Waals surface area (Å²) in [5.74, 6) is 1.63. The van der Waals surface area contributed by atoms with Gasteiger partial charge >= 0.3 is 0 Å². The Kier molecular flexibility index (Phi) is 4.60. The number of aromatic nitrogens is 3. The minimum Gasteiger partial charge on any atom is -0.456 e. The number of hydrogen-bond donors (Lipinski definition) is 0. The van der Waals surface area contributed by atoms with E-state index >= 15 is 0 Å². The average molecular weight is 587 g/mol. The van der Waals surface area contributed by atoms with Crippen molar-refractivity contribution in [2.24, 2.45) is 0 Å². The first-order valence-electron chi connectivity index (χ1n) is 16.6. The Hall–Kier alpha value is -5.65. The second-order valence-electron chi connectivity index (χ2n) is 10.5. The molecule has 0 amide bonds. The number of benzene rings is 6. The number of furan rings is 1. The summed E-state index contributed by atoms with van der Waals surface area (Å²) in [6, 6.07) is 33.9. The predicted octanol–water partition coefficient (Wildman–Crippen LogP) is 10.8. The number of thiophene rings is 1. The number of fused-ring (bicyclic) bond motifs is 6. The first kappa shape index (κ1) is 20.3. The van der Waals surface area contributed by atoms with Crippen molar-refractivity contribution in [1.82, 2.24) is 15.0 Å². The molecule has 0 saturated heterocycles. The molecule has 0 aliphatic heterocycles. The number of hydrogen-bond acceptors (Lipinski definition) is 5. The van der Waals surface area contributed by atoms with Gasteiger partial charge in [-0.05, 0) is 53.6 Å². The van der Waals surface area contributed by atoms with Gasteiger partial charge < -0.3 is 4.42 Å². The highest BCUT2D eigenvalue weighted by molar-refractivity contribution is 7.26. The van der Waals surface area contributed by atoms with Crippen LogP contribution in [0.4, 0.5) is 0 Å². The molecular formula is C39H23N3OS. The summed E-state index contributed by atoms with van der Waals surface area (Å²) in [7, 11) is 0. The van der Waals surface area contributed by atoms with E-state index in [2.05, 4.69) is 36.4 Å². The first-order chi connectivity index (χ1) is 23.9. The van der Waals surface area contributed by atoms with E-state index in [1.165, 1.54) is 10.1 Å². The molecule has 0 spiro atoms. The molecule has 4 nitrogen and oxygen atoms in total. The molecule has 9 aromatic rings. The van der Waals surface area contributed by atoms with Gasteiger partial charge in [-0.15, -0.1) is 11.3 Å². The van der Waals surface area contributed by atoms with Gasteiger partial charge in [-0.2, -0.15) is 0 Å². The molecule has 0 atom stereocenters. The van der Waals surface area contributed by atoms with Crippen LogP contribution in [-0.4, -0.2) is 15.0 Å². The third kappa shape index (κ3) is 4.09. The Bertz CT molecular complexity index is 2770. The van der Waals surface area contributed by atoms with Crippen molar-refractivity contribution in [2.75, 3.05) is 0 Å². The van der Waals surface area contributed by atoms with Crippen LogP contribution in [0.15, 0.2) is 144 Å². The molecule has 3 aromatic heterocycles. The Morgan fingerprint density at radius 2 is 1.16 bits per heavy atom. The van der Waals surface area contributed by atoms with E-state index in [0.29, 0.717) is 34.2 Å². The molecular weight excluding hydrogens is 559 g/mol. The third-order valence-electron chi connectivity index (χ3n) is 7.83. The summed E-state index contributed by atoms with van der Waals surface area (Å²) in [5, 5.41) is 3.88. The molecule has 0 saturated carbocycles. The number of rotatable bonds is 4. The van der Waals surface area contributed by atoms with Crippen molar-refractivity contribution in [2.45, 2.75) is 0 Å². The van der Waals surface area contributed by atoms with Crippen LogP contribution in [-0.2, 0) is 0 Å². The van der Waals surface area contributed by atoms with Crippen LogP contribution in [0.2, 0.25) is 0 Å². The van der Waals surface area contributed by atoms with E-state index in [-0.39, 0.29) is 29.7 Å². The fourth-order valence-corrected chi connectivity index (χ4v) is 6.94. The lowest BCUT2D eigenvalue weighted by Gasteiger charge is -2.09. The zero-order valence-electron chi connectivity index (χ0n) is 28.1. The SMILES string of the molecule is [2H]c1c([2H])c([2H])c(-c2ccc3oc4ccc(-c5nc(-c6ccccc6)nc(-c6cccc7c6sc6ccccc67)n5)cc4c3c2)c([2H])c1[2H]. The molecule has 5 heteroatoms. The van der Waals surface area contributed by atoms with Gasteiger partial charge in [0, 0.05) is 47.6 Å². The van der Waals surface area contributed by atoms with Crippen molar-refractivity contribution in [3.63, 3.8) is 0 Å². The Labute approximate surface area is 264 Å². The lowest BCUT2D eigenvalue weighted by Crippen LogP contribution is -2.00. The predicted molar refractivity (Wildman–Crippen MR) is 182 cm³/mol. The van der Waals surface area contributed by atoms with E-state index in [1.54, 1.807) is 23.5 Å². The van der Waals surface area contributed by atoms with Crippen molar-refractivity contribution in [1.29, 1.82) is 0 Å². The molecule has 0 unspecified atom stereocenters. The third-order valence-corrected chi connectivity index (χ3v) is 9.05. The quantitative estimate of drug-likeness (QED) is 0.206. The van der Waals surface area contributed by atoms with Crippen molar-refractivity contribution in [3.05, 3.63) is 139 Å². The van der Waals surface area contributed by atoms with Crippen LogP contribution >= 0.6 is 11.3 Å².